The smallest absolute Gasteiger partial charge is 0.287 e. The summed E-state index contributed by atoms with van der Waals surface area (Å²) in [7, 11) is 1.62. The molecule has 0 atom stereocenters. The Morgan fingerprint density at radius 1 is 1.21 bits per heavy atom. The molecule has 29 heavy (non-hydrogen) atoms. The molecular weight excluding hydrogens is 372 g/mol. The van der Waals surface area contributed by atoms with Crippen LogP contribution in [0.15, 0.2) is 53.1 Å². The van der Waals surface area contributed by atoms with Gasteiger partial charge in [-0.2, -0.15) is 5.10 Å². The number of likely N-dealkylation sites (tertiary alicyclic amines) is 1. The van der Waals surface area contributed by atoms with Gasteiger partial charge in [-0.15, -0.1) is 0 Å². The van der Waals surface area contributed by atoms with E-state index in [9.17, 15) is 9.59 Å². The van der Waals surface area contributed by atoms with E-state index >= 15 is 0 Å². The Morgan fingerprint density at radius 3 is 2.62 bits per heavy atom. The largest absolute Gasteiger partial charge is 0.497 e. The Labute approximate surface area is 167 Å². The number of aromatic nitrogens is 2. The minimum absolute atomic E-state index is 0.0216. The number of H-pyrrole nitrogens is 1. The molecule has 1 aromatic carbocycles. The number of nitrogens with zero attached hydrogens (tertiary/aromatic N) is 2. The van der Waals surface area contributed by atoms with Crippen molar-refractivity contribution in [2.24, 2.45) is 0 Å². The van der Waals surface area contributed by atoms with Gasteiger partial charge < -0.3 is 19.4 Å². The molecule has 1 fully saturated rings. The number of hydrogen-bond donors (Lipinski definition) is 2. The highest BCUT2D eigenvalue weighted by Gasteiger charge is 2.26. The Bertz CT molecular complexity index is 971. The number of methoxy groups -OCH3 is 1. The fraction of sp³-hybridized carbons (Fsp3) is 0.286. The van der Waals surface area contributed by atoms with E-state index in [2.05, 4.69) is 15.5 Å². The minimum Gasteiger partial charge on any atom is -0.497 e. The number of carbonyl (C=O) groups excluding carboxylic acids is 2. The van der Waals surface area contributed by atoms with Crippen molar-refractivity contribution in [2.45, 2.75) is 18.9 Å². The van der Waals surface area contributed by atoms with Gasteiger partial charge in [-0.3, -0.25) is 14.7 Å². The maximum absolute atomic E-state index is 12.8. The van der Waals surface area contributed by atoms with E-state index in [1.165, 1.54) is 6.26 Å². The first-order valence-corrected chi connectivity index (χ1v) is 9.47. The summed E-state index contributed by atoms with van der Waals surface area (Å²) in [6.07, 6.45) is 2.86. The van der Waals surface area contributed by atoms with Crippen LogP contribution in [0.4, 0.5) is 0 Å². The third-order valence-electron chi connectivity index (χ3n) is 5.06. The van der Waals surface area contributed by atoms with Gasteiger partial charge in [-0.1, -0.05) is 0 Å². The quantitative estimate of drug-likeness (QED) is 0.693. The normalized spacial score (nSPS) is 14.6. The molecule has 3 heterocycles. The van der Waals surface area contributed by atoms with Crippen molar-refractivity contribution in [3.8, 4) is 17.0 Å². The number of rotatable bonds is 5. The number of furan rings is 1. The SMILES string of the molecule is COc1ccc(-c2cc(C(=O)N3CCC(NC(=O)c4ccco4)CC3)[nH]n2)cc1. The predicted molar refractivity (Wildman–Crippen MR) is 106 cm³/mol. The van der Waals surface area contributed by atoms with Crippen LogP contribution in [0.5, 0.6) is 5.75 Å². The van der Waals surface area contributed by atoms with Crippen LogP contribution in [0, 0.1) is 0 Å². The van der Waals surface area contributed by atoms with E-state index in [0.717, 1.165) is 11.3 Å². The minimum atomic E-state index is -0.225. The van der Waals surface area contributed by atoms with Crippen LogP contribution in [0.1, 0.15) is 33.9 Å². The zero-order valence-electron chi connectivity index (χ0n) is 16.1. The average Bonchev–Trinajstić information content (AvgIpc) is 3.46. The van der Waals surface area contributed by atoms with E-state index in [0.29, 0.717) is 43.1 Å². The first kappa shape index (κ1) is 18.8. The summed E-state index contributed by atoms with van der Waals surface area (Å²) < 4.78 is 10.3. The molecule has 1 aliphatic rings. The zero-order valence-corrected chi connectivity index (χ0v) is 16.1. The second-order valence-corrected chi connectivity index (χ2v) is 6.91. The predicted octanol–water partition coefficient (Wildman–Crippen LogP) is 2.71. The number of carbonyl (C=O) groups is 2. The van der Waals surface area contributed by atoms with Gasteiger partial charge >= 0.3 is 0 Å². The van der Waals surface area contributed by atoms with E-state index in [-0.39, 0.29) is 17.9 Å². The first-order valence-electron chi connectivity index (χ1n) is 9.47. The van der Waals surface area contributed by atoms with E-state index < -0.39 is 0 Å². The standard InChI is InChI=1S/C21H22N4O4/c1-28-16-6-4-14(5-7-16)17-13-18(24-23-17)21(27)25-10-8-15(9-11-25)22-20(26)19-3-2-12-29-19/h2-7,12-13,15H,8-11H2,1H3,(H,22,26)(H,23,24). The number of aromatic amines is 1. The lowest BCUT2D eigenvalue weighted by Gasteiger charge is -2.31. The number of nitrogens with one attached hydrogen (secondary N) is 2. The molecule has 3 aromatic rings. The van der Waals surface area contributed by atoms with Gasteiger partial charge in [0.25, 0.3) is 11.8 Å². The van der Waals surface area contributed by atoms with Crippen molar-refractivity contribution in [3.05, 3.63) is 60.2 Å². The molecule has 0 radical (unpaired) electrons. The molecule has 2 amide bonds. The molecule has 1 aliphatic heterocycles. The Morgan fingerprint density at radius 2 is 1.97 bits per heavy atom. The topological polar surface area (TPSA) is 100 Å². The molecule has 150 valence electrons. The lowest BCUT2D eigenvalue weighted by molar-refractivity contribution is 0.0690. The molecule has 8 nitrogen and oxygen atoms in total. The molecule has 1 saturated heterocycles. The van der Waals surface area contributed by atoms with Crippen LogP contribution >= 0.6 is 0 Å². The van der Waals surface area contributed by atoms with Crippen LogP contribution in [0.25, 0.3) is 11.3 Å². The third kappa shape index (κ3) is 4.16. The van der Waals surface area contributed by atoms with Crippen molar-refractivity contribution in [1.82, 2.24) is 20.4 Å². The van der Waals surface area contributed by atoms with Crippen LogP contribution in [-0.4, -0.2) is 53.2 Å². The summed E-state index contributed by atoms with van der Waals surface area (Å²) in [5.74, 6) is 0.750. The summed E-state index contributed by atoms with van der Waals surface area (Å²) >= 11 is 0. The summed E-state index contributed by atoms with van der Waals surface area (Å²) in [5, 5.41) is 10.1. The molecule has 0 unspecified atom stereocenters. The van der Waals surface area contributed by atoms with Gasteiger partial charge in [0.15, 0.2) is 5.76 Å². The van der Waals surface area contributed by atoms with Crippen LogP contribution < -0.4 is 10.1 Å². The fourth-order valence-corrected chi connectivity index (χ4v) is 3.40. The van der Waals surface area contributed by atoms with Gasteiger partial charge in [-0.25, -0.2) is 0 Å². The van der Waals surface area contributed by atoms with E-state index in [1.807, 2.05) is 24.3 Å². The molecule has 8 heteroatoms. The maximum atomic E-state index is 12.8. The molecule has 0 aliphatic carbocycles. The molecule has 2 N–H and O–H groups in total. The lowest BCUT2D eigenvalue weighted by atomic mass is 10.0. The number of piperidine rings is 1. The van der Waals surface area contributed by atoms with Gasteiger partial charge in [-0.05, 0) is 55.3 Å². The average molecular weight is 394 g/mol. The fourth-order valence-electron chi connectivity index (χ4n) is 3.40. The Hall–Kier alpha value is -3.55. The van der Waals surface area contributed by atoms with Crippen molar-refractivity contribution in [1.29, 1.82) is 0 Å². The summed E-state index contributed by atoms with van der Waals surface area (Å²) in [5.41, 5.74) is 2.06. The highest BCUT2D eigenvalue weighted by Crippen LogP contribution is 2.22. The molecule has 2 aromatic heterocycles. The highest BCUT2D eigenvalue weighted by atomic mass is 16.5. The number of ether oxygens (including phenoxy) is 1. The van der Waals surface area contributed by atoms with Crippen LogP contribution in [-0.2, 0) is 0 Å². The number of hydrogen-bond acceptors (Lipinski definition) is 5. The van der Waals surface area contributed by atoms with Crippen molar-refractivity contribution in [2.75, 3.05) is 20.2 Å². The Balaban J connectivity index is 1.34. The van der Waals surface area contributed by atoms with E-state index in [4.69, 9.17) is 9.15 Å². The zero-order chi connectivity index (χ0) is 20.2. The third-order valence-corrected chi connectivity index (χ3v) is 5.06. The molecule has 4 rings (SSSR count). The van der Waals surface area contributed by atoms with Gasteiger partial charge in [0.1, 0.15) is 11.4 Å². The molecule has 0 spiro atoms. The first-order chi connectivity index (χ1) is 14.1. The monoisotopic (exact) mass is 394 g/mol. The van der Waals surface area contributed by atoms with Crippen molar-refractivity contribution >= 4 is 11.8 Å². The maximum Gasteiger partial charge on any atom is 0.287 e. The second kappa shape index (κ2) is 8.22. The van der Waals surface area contributed by atoms with Gasteiger partial charge in [0, 0.05) is 24.7 Å². The van der Waals surface area contributed by atoms with Gasteiger partial charge in [0.05, 0.1) is 19.1 Å². The van der Waals surface area contributed by atoms with E-state index in [1.54, 1.807) is 30.2 Å². The molecular formula is C21H22N4O4. The van der Waals surface area contributed by atoms with Crippen LogP contribution in [0.3, 0.4) is 0 Å². The molecule has 0 saturated carbocycles. The summed E-state index contributed by atoms with van der Waals surface area (Å²) in [6.45, 7) is 1.14. The summed E-state index contributed by atoms with van der Waals surface area (Å²) in [6, 6.07) is 12.6. The number of benzene rings is 1. The lowest BCUT2D eigenvalue weighted by Crippen LogP contribution is -2.46. The second-order valence-electron chi connectivity index (χ2n) is 6.91. The van der Waals surface area contributed by atoms with Crippen molar-refractivity contribution in [3.63, 3.8) is 0 Å². The van der Waals surface area contributed by atoms with Crippen LogP contribution in [0.2, 0.25) is 0 Å². The van der Waals surface area contributed by atoms with Gasteiger partial charge in [0.2, 0.25) is 0 Å². The van der Waals surface area contributed by atoms with Crippen molar-refractivity contribution < 1.29 is 18.7 Å². The molecule has 0 bridgehead atoms. The number of amides is 2. The Kier molecular flexibility index (Phi) is 5.33. The highest BCUT2D eigenvalue weighted by molar-refractivity contribution is 5.93. The summed E-state index contributed by atoms with van der Waals surface area (Å²) in [4.78, 5) is 26.7.